The van der Waals surface area contributed by atoms with Crippen LogP contribution in [0.15, 0.2) is 64.1 Å². The molecule has 3 heterocycles. The van der Waals surface area contributed by atoms with Gasteiger partial charge in [0.15, 0.2) is 22.2 Å². The van der Waals surface area contributed by atoms with E-state index in [1.807, 2.05) is 0 Å². The van der Waals surface area contributed by atoms with E-state index in [-0.39, 0.29) is 39.2 Å². The van der Waals surface area contributed by atoms with Gasteiger partial charge < -0.3 is 14.5 Å². The van der Waals surface area contributed by atoms with E-state index in [0.29, 0.717) is 28.3 Å². The first kappa shape index (κ1) is 24.3. The van der Waals surface area contributed by atoms with Crippen molar-refractivity contribution < 1.29 is 31.2 Å². The number of nitrogens with one attached hydrogen (secondary N) is 2. The summed E-state index contributed by atoms with van der Waals surface area (Å²) in [4.78, 5) is 2.80. The molecule has 0 saturated heterocycles. The Kier molecular flexibility index (Phi) is 5.83. The summed E-state index contributed by atoms with van der Waals surface area (Å²) < 4.78 is 68.1. The molecule has 0 aliphatic carbocycles. The molecule has 0 radical (unpaired) electrons. The number of hydrogen-bond acceptors (Lipinski definition) is 6. The number of aryl methyl sites for hydroxylation is 3. The van der Waals surface area contributed by atoms with E-state index < -0.39 is 21.7 Å². The zero-order valence-electron chi connectivity index (χ0n) is 19.8. The second-order valence-electron chi connectivity index (χ2n) is 8.38. The van der Waals surface area contributed by atoms with Crippen LogP contribution >= 0.6 is 0 Å². The summed E-state index contributed by atoms with van der Waals surface area (Å²) in [6, 6.07) is 10.6. The van der Waals surface area contributed by atoms with E-state index in [0.717, 1.165) is 16.9 Å². The molecule has 0 aliphatic rings. The first-order chi connectivity index (χ1) is 17.5. The van der Waals surface area contributed by atoms with Crippen molar-refractivity contribution in [2.75, 3.05) is 4.72 Å². The number of benzene rings is 2. The van der Waals surface area contributed by atoms with Crippen LogP contribution in [-0.4, -0.2) is 18.6 Å². The third kappa shape index (κ3) is 4.35. The molecule has 0 amide bonds. The normalized spacial score (nSPS) is 11.7. The highest BCUT2D eigenvalue weighted by atomic mass is 32.2. The minimum Gasteiger partial charge on any atom is -0.710 e. The minimum absolute atomic E-state index is 0.0845. The molecule has 0 saturated carbocycles. The fourth-order valence-corrected chi connectivity index (χ4v) is 5.51. The maximum absolute atomic E-state index is 14.4. The van der Waals surface area contributed by atoms with Crippen molar-refractivity contribution in [3.8, 4) is 22.6 Å². The Morgan fingerprint density at radius 3 is 2.49 bits per heavy atom. The zero-order chi connectivity index (χ0) is 26.5. The lowest BCUT2D eigenvalue weighted by Crippen LogP contribution is -2.31. The van der Waals surface area contributed by atoms with Crippen LogP contribution in [0, 0.1) is 37.6 Å². The monoisotopic (exact) mass is 526 g/mol. The Morgan fingerprint density at radius 2 is 1.78 bits per heavy atom. The molecular formula is C25H20F2N4O5S. The highest BCUT2D eigenvalue weighted by Gasteiger charge is 2.25. The number of sulfonamides is 1. The maximum Gasteiger partial charge on any atom is 0.290 e. The number of ether oxygens (including phenoxy) is 1. The number of fused-ring (bicyclic) bond motifs is 1. The predicted molar refractivity (Wildman–Crippen MR) is 131 cm³/mol. The van der Waals surface area contributed by atoms with Gasteiger partial charge >= 0.3 is 0 Å². The third-order valence-electron chi connectivity index (χ3n) is 5.76. The summed E-state index contributed by atoms with van der Waals surface area (Å²) >= 11 is 0. The molecule has 3 aromatic heterocycles. The molecule has 190 valence electrons. The molecule has 5 aromatic rings. The van der Waals surface area contributed by atoms with E-state index in [4.69, 9.17) is 9.26 Å². The Balaban J connectivity index is 1.67. The Morgan fingerprint density at radius 1 is 1.03 bits per heavy atom. The van der Waals surface area contributed by atoms with Crippen molar-refractivity contribution in [1.82, 2.24) is 10.1 Å². The molecule has 0 fully saturated rings. The van der Waals surface area contributed by atoms with Crippen molar-refractivity contribution in [3.63, 3.8) is 0 Å². The average molecular weight is 527 g/mol. The van der Waals surface area contributed by atoms with Crippen molar-refractivity contribution in [3.05, 3.63) is 88.7 Å². The van der Waals surface area contributed by atoms with Gasteiger partial charge in [-0.1, -0.05) is 5.16 Å². The van der Waals surface area contributed by atoms with Gasteiger partial charge in [0.2, 0.25) is 0 Å². The van der Waals surface area contributed by atoms with Gasteiger partial charge in [-0.05, 0) is 63.2 Å². The molecule has 0 unspecified atom stereocenters. The van der Waals surface area contributed by atoms with Crippen LogP contribution in [0.2, 0.25) is 0 Å². The van der Waals surface area contributed by atoms with Crippen LogP contribution in [0.3, 0.4) is 0 Å². The average Bonchev–Trinajstić information content (AvgIpc) is 3.46. The van der Waals surface area contributed by atoms with Crippen molar-refractivity contribution in [2.24, 2.45) is 0 Å². The second kappa shape index (κ2) is 8.89. The van der Waals surface area contributed by atoms with Gasteiger partial charge in [0.25, 0.3) is 15.7 Å². The number of hydrogen-bond donors (Lipinski definition) is 2. The first-order valence-corrected chi connectivity index (χ1v) is 12.5. The molecule has 5 rings (SSSR count). The van der Waals surface area contributed by atoms with Gasteiger partial charge in [0, 0.05) is 22.9 Å². The Bertz CT molecular complexity index is 1760. The highest BCUT2D eigenvalue weighted by molar-refractivity contribution is 7.92. The molecule has 0 atom stereocenters. The van der Waals surface area contributed by atoms with Gasteiger partial charge in [-0.3, -0.25) is 4.72 Å². The zero-order valence-corrected chi connectivity index (χ0v) is 20.6. The van der Waals surface area contributed by atoms with Crippen molar-refractivity contribution >= 4 is 26.7 Å². The van der Waals surface area contributed by atoms with Crippen molar-refractivity contribution in [1.29, 1.82) is 0 Å². The second-order valence-corrected chi connectivity index (χ2v) is 10.00. The molecule has 0 aliphatic heterocycles. The lowest BCUT2D eigenvalue weighted by atomic mass is 10.0. The fourth-order valence-electron chi connectivity index (χ4n) is 4.12. The van der Waals surface area contributed by atoms with Gasteiger partial charge in [-0.15, -0.1) is 0 Å². The lowest BCUT2D eigenvalue weighted by molar-refractivity contribution is -0.586. The van der Waals surface area contributed by atoms with E-state index in [9.17, 15) is 22.4 Å². The summed E-state index contributed by atoms with van der Waals surface area (Å²) in [7, 11) is -4.07. The first-order valence-electron chi connectivity index (χ1n) is 11.0. The summed E-state index contributed by atoms with van der Waals surface area (Å²) in [6.07, 6.45) is 1.59. The van der Waals surface area contributed by atoms with E-state index in [2.05, 4.69) is 14.9 Å². The quantitative estimate of drug-likeness (QED) is 0.230. The number of anilines is 1. The summed E-state index contributed by atoms with van der Waals surface area (Å²) in [5.41, 5.74) is 1.88. The Labute approximate surface area is 209 Å². The van der Waals surface area contributed by atoms with Crippen LogP contribution in [0.5, 0.6) is 11.5 Å². The number of aromatic amines is 1. The molecule has 12 heteroatoms. The number of nitrogens with zero attached hydrogens (tertiary/aromatic N) is 2. The van der Waals surface area contributed by atoms with Gasteiger partial charge in [-0.2, -0.15) is 0 Å². The van der Waals surface area contributed by atoms with Gasteiger partial charge in [0.05, 0.1) is 11.6 Å². The molecule has 2 aromatic carbocycles. The lowest BCUT2D eigenvalue weighted by Gasteiger charge is -2.17. The number of H-pyrrole nitrogens is 1. The van der Waals surface area contributed by atoms with Crippen LogP contribution in [0.25, 0.3) is 22.2 Å². The highest BCUT2D eigenvalue weighted by Crippen LogP contribution is 2.40. The fraction of sp³-hybridized carbons (Fsp3) is 0.120. The Hall–Kier alpha value is -4.45. The van der Waals surface area contributed by atoms with Crippen LogP contribution < -0.4 is 14.2 Å². The summed E-state index contributed by atoms with van der Waals surface area (Å²) in [6.45, 7) is 4.61. The van der Waals surface area contributed by atoms with Crippen LogP contribution in [0.1, 0.15) is 17.1 Å². The van der Waals surface area contributed by atoms with E-state index in [1.54, 1.807) is 25.3 Å². The summed E-state index contributed by atoms with van der Waals surface area (Å²) in [5, 5.41) is 16.8. The standard InChI is InChI=1S/C25H20F2N4O5S/c1-13-10-19(18-8-9-28-25(18)31(13)32)20-12-17(30-37(33,34)24-14(2)29-36-15(24)3)5-7-22(20)35-23-6-4-16(26)11-21(23)27/h4-12,28,30H,1-3H3. The molecule has 0 spiro atoms. The minimum atomic E-state index is -4.07. The third-order valence-corrected chi connectivity index (χ3v) is 7.39. The van der Waals surface area contributed by atoms with Crippen molar-refractivity contribution in [2.45, 2.75) is 25.7 Å². The van der Waals surface area contributed by atoms with Crippen LogP contribution in [0.4, 0.5) is 14.5 Å². The topological polar surface area (TPSA) is 124 Å². The molecule has 37 heavy (non-hydrogen) atoms. The summed E-state index contributed by atoms with van der Waals surface area (Å²) in [5.74, 6) is -1.63. The smallest absolute Gasteiger partial charge is 0.290 e. The van der Waals surface area contributed by atoms with Crippen LogP contribution in [-0.2, 0) is 10.0 Å². The largest absolute Gasteiger partial charge is 0.710 e. The molecule has 9 nitrogen and oxygen atoms in total. The molecular weight excluding hydrogens is 506 g/mol. The molecule has 2 N–H and O–H groups in total. The molecule has 0 bridgehead atoms. The maximum atomic E-state index is 14.4. The van der Waals surface area contributed by atoms with E-state index in [1.165, 1.54) is 32.0 Å². The van der Waals surface area contributed by atoms with Gasteiger partial charge in [-0.25, -0.2) is 26.9 Å². The SMILES string of the molecule is Cc1noc(C)c1S(=O)(=O)Nc1ccc(Oc2ccc(F)cc2F)c(-c2cc(C)[n+]([O-])c3[nH]ccc23)c1. The predicted octanol–water partition coefficient (Wildman–Crippen LogP) is 5.25. The number of halogens is 2. The number of rotatable bonds is 6. The van der Waals surface area contributed by atoms with E-state index >= 15 is 0 Å². The van der Waals surface area contributed by atoms with Gasteiger partial charge in [0.1, 0.15) is 23.0 Å². The number of aromatic nitrogens is 3. The number of pyridine rings is 1.